The van der Waals surface area contributed by atoms with E-state index in [4.69, 9.17) is 4.74 Å². The lowest BCUT2D eigenvalue weighted by molar-refractivity contribution is 0.00764. The standard InChI is InChI=1S/C11H15BF3N2O3/c1-11(2,3)19-10(18)17-5-7(6-17)8-4-9(20-16-8)12(13,14)15/h4,7H,5-6H2,1-3H3/q-1. The van der Waals surface area contributed by atoms with Gasteiger partial charge in [0.15, 0.2) is 0 Å². The molecule has 0 radical (unpaired) electrons. The molecule has 2 heterocycles. The molecular formula is C11H15BF3N2O3-. The highest BCUT2D eigenvalue weighted by atomic mass is 19.4. The molecule has 1 fully saturated rings. The van der Waals surface area contributed by atoms with Crippen LogP contribution in [0.3, 0.4) is 0 Å². The topological polar surface area (TPSA) is 55.6 Å². The number of likely N-dealkylation sites (tertiary alicyclic amines) is 1. The van der Waals surface area contributed by atoms with E-state index in [2.05, 4.69) is 9.68 Å². The highest BCUT2D eigenvalue weighted by Crippen LogP contribution is 2.27. The molecule has 1 aromatic heterocycles. The van der Waals surface area contributed by atoms with Crippen LogP contribution in [0.25, 0.3) is 0 Å². The van der Waals surface area contributed by atoms with Crippen molar-refractivity contribution in [1.29, 1.82) is 0 Å². The molecule has 1 amide bonds. The van der Waals surface area contributed by atoms with Crippen LogP contribution >= 0.6 is 0 Å². The molecule has 1 aliphatic rings. The molecule has 0 bridgehead atoms. The van der Waals surface area contributed by atoms with Crippen LogP contribution in [0.2, 0.25) is 0 Å². The Labute approximate surface area is 114 Å². The lowest BCUT2D eigenvalue weighted by Crippen LogP contribution is -2.50. The van der Waals surface area contributed by atoms with E-state index in [0.717, 1.165) is 6.07 Å². The molecule has 9 heteroatoms. The van der Waals surface area contributed by atoms with E-state index in [9.17, 15) is 17.7 Å². The second-order valence-electron chi connectivity index (χ2n) is 5.81. The van der Waals surface area contributed by atoms with Crippen molar-refractivity contribution in [2.75, 3.05) is 13.1 Å². The molecule has 0 aromatic carbocycles. The Bertz CT molecular complexity index is 504. The first kappa shape index (κ1) is 14.7. The van der Waals surface area contributed by atoms with Crippen LogP contribution in [0.15, 0.2) is 10.6 Å². The van der Waals surface area contributed by atoms with Crippen molar-refractivity contribution in [3.8, 4) is 0 Å². The molecule has 1 saturated heterocycles. The summed E-state index contributed by atoms with van der Waals surface area (Å²) in [5, 5.41) is 3.41. The van der Waals surface area contributed by atoms with Gasteiger partial charge in [0.05, 0.1) is 11.4 Å². The van der Waals surface area contributed by atoms with Gasteiger partial charge >= 0.3 is 13.1 Å². The van der Waals surface area contributed by atoms with Crippen LogP contribution in [0.5, 0.6) is 0 Å². The maximum Gasteiger partial charge on any atom is 0.547 e. The Morgan fingerprint density at radius 1 is 1.45 bits per heavy atom. The first-order valence-electron chi connectivity index (χ1n) is 6.20. The molecule has 0 N–H and O–H groups in total. The number of carbonyl (C=O) groups excluding carboxylic acids is 1. The predicted octanol–water partition coefficient (Wildman–Crippen LogP) is 2.06. The molecule has 5 nitrogen and oxygen atoms in total. The fourth-order valence-electron chi connectivity index (χ4n) is 1.79. The number of hydrogen-bond donors (Lipinski definition) is 0. The number of amides is 1. The van der Waals surface area contributed by atoms with Crippen LogP contribution in [0, 0.1) is 0 Å². The van der Waals surface area contributed by atoms with E-state index >= 15 is 0 Å². The Balaban J connectivity index is 1.90. The van der Waals surface area contributed by atoms with E-state index in [0.29, 0.717) is 0 Å². The Hall–Kier alpha value is -1.67. The molecule has 20 heavy (non-hydrogen) atoms. The molecule has 0 aliphatic carbocycles. The quantitative estimate of drug-likeness (QED) is 0.783. The zero-order valence-electron chi connectivity index (χ0n) is 11.4. The van der Waals surface area contributed by atoms with E-state index < -0.39 is 24.3 Å². The fraction of sp³-hybridized carbons (Fsp3) is 0.636. The smallest absolute Gasteiger partial charge is 0.444 e. The lowest BCUT2D eigenvalue weighted by Gasteiger charge is -2.38. The minimum atomic E-state index is -5.18. The van der Waals surface area contributed by atoms with Crippen molar-refractivity contribution < 1.29 is 27.0 Å². The normalized spacial score (nSPS) is 17.0. The average molecular weight is 291 g/mol. The minimum absolute atomic E-state index is 0.221. The monoisotopic (exact) mass is 291 g/mol. The van der Waals surface area contributed by atoms with Gasteiger partial charge in [0.2, 0.25) is 0 Å². The third-order valence-electron chi connectivity index (χ3n) is 2.82. The van der Waals surface area contributed by atoms with E-state index in [1.165, 1.54) is 4.90 Å². The zero-order valence-corrected chi connectivity index (χ0v) is 11.4. The summed E-state index contributed by atoms with van der Waals surface area (Å²) in [4.78, 5) is 13.1. The summed E-state index contributed by atoms with van der Waals surface area (Å²) in [7, 11) is 0. The summed E-state index contributed by atoms with van der Waals surface area (Å²) < 4.78 is 46.7. The van der Waals surface area contributed by atoms with Gasteiger partial charge in [-0.3, -0.25) is 0 Å². The maximum absolute atomic E-state index is 12.4. The van der Waals surface area contributed by atoms with Crippen molar-refractivity contribution in [1.82, 2.24) is 10.1 Å². The average Bonchev–Trinajstić information content (AvgIpc) is 2.60. The SMILES string of the molecule is CC(C)(C)OC(=O)N1CC(c2cc([B-](F)(F)F)on2)C1. The second kappa shape index (κ2) is 4.71. The molecule has 112 valence electrons. The van der Waals surface area contributed by atoms with Crippen molar-refractivity contribution in [3.05, 3.63) is 11.8 Å². The third-order valence-corrected chi connectivity index (χ3v) is 2.82. The van der Waals surface area contributed by atoms with E-state index in [1.807, 2.05) is 0 Å². The van der Waals surface area contributed by atoms with Crippen molar-refractivity contribution >= 4 is 18.7 Å². The van der Waals surface area contributed by atoms with Gasteiger partial charge < -0.3 is 27.1 Å². The van der Waals surface area contributed by atoms with Gasteiger partial charge in [-0.1, -0.05) is 5.16 Å². The molecule has 0 atom stereocenters. The van der Waals surface area contributed by atoms with Crippen LogP contribution in [0.4, 0.5) is 17.7 Å². The Morgan fingerprint density at radius 3 is 2.50 bits per heavy atom. The van der Waals surface area contributed by atoms with Gasteiger partial charge in [-0.25, -0.2) is 4.79 Å². The Kier molecular flexibility index (Phi) is 3.47. The van der Waals surface area contributed by atoms with Crippen LogP contribution in [-0.4, -0.2) is 41.8 Å². The number of carbonyl (C=O) groups is 1. The number of ether oxygens (including phenoxy) is 1. The Morgan fingerprint density at radius 2 is 2.05 bits per heavy atom. The summed E-state index contributed by atoms with van der Waals surface area (Å²) in [5.74, 6) is -0.238. The minimum Gasteiger partial charge on any atom is -0.444 e. The first-order chi connectivity index (χ1) is 9.06. The largest absolute Gasteiger partial charge is 0.547 e. The van der Waals surface area contributed by atoms with Gasteiger partial charge in [-0.15, -0.1) is 0 Å². The number of rotatable bonds is 2. The van der Waals surface area contributed by atoms with Crippen molar-refractivity contribution in [2.45, 2.75) is 32.3 Å². The van der Waals surface area contributed by atoms with Gasteiger partial charge in [0.25, 0.3) is 0 Å². The summed E-state index contributed by atoms with van der Waals surface area (Å²) in [6.07, 6.45) is -0.475. The molecule has 2 rings (SSSR count). The zero-order chi connectivity index (χ0) is 15.1. The van der Waals surface area contributed by atoms with E-state index in [-0.39, 0.29) is 24.7 Å². The maximum atomic E-state index is 12.4. The van der Waals surface area contributed by atoms with Gasteiger partial charge in [-0.2, -0.15) is 0 Å². The van der Waals surface area contributed by atoms with Crippen LogP contribution < -0.4 is 5.66 Å². The highest BCUT2D eigenvalue weighted by Gasteiger charge is 2.38. The van der Waals surface area contributed by atoms with Gasteiger partial charge in [0.1, 0.15) is 5.60 Å². The highest BCUT2D eigenvalue weighted by molar-refractivity contribution is 6.72. The lowest BCUT2D eigenvalue weighted by atomic mass is 9.86. The molecule has 0 spiro atoms. The van der Waals surface area contributed by atoms with Crippen molar-refractivity contribution in [3.63, 3.8) is 0 Å². The molecule has 0 unspecified atom stereocenters. The molecule has 1 aromatic rings. The summed E-state index contributed by atoms with van der Waals surface area (Å²) in [6.45, 7) is 0.633. The fourth-order valence-corrected chi connectivity index (χ4v) is 1.79. The molecule has 1 aliphatic heterocycles. The number of halogens is 3. The van der Waals surface area contributed by atoms with Crippen LogP contribution in [-0.2, 0) is 4.74 Å². The number of nitrogens with zero attached hydrogens (tertiary/aromatic N) is 2. The van der Waals surface area contributed by atoms with E-state index in [1.54, 1.807) is 20.8 Å². The summed E-state index contributed by atoms with van der Waals surface area (Å²) in [6, 6.07) is 0.900. The molecule has 0 saturated carbocycles. The van der Waals surface area contributed by atoms with Gasteiger partial charge in [0, 0.05) is 19.0 Å². The van der Waals surface area contributed by atoms with Crippen molar-refractivity contribution in [2.24, 2.45) is 0 Å². The van der Waals surface area contributed by atoms with Crippen LogP contribution in [0.1, 0.15) is 32.4 Å². The number of aromatic nitrogens is 1. The summed E-state index contributed by atoms with van der Waals surface area (Å²) in [5.41, 5.74) is -1.43. The predicted molar refractivity (Wildman–Crippen MR) is 65.8 cm³/mol. The first-order valence-corrected chi connectivity index (χ1v) is 6.20. The second-order valence-corrected chi connectivity index (χ2v) is 5.81. The number of hydrogen-bond acceptors (Lipinski definition) is 4. The van der Waals surface area contributed by atoms with Gasteiger partial charge in [-0.05, 0) is 26.8 Å². The summed E-state index contributed by atoms with van der Waals surface area (Å²) >= 11 is 0. The third kappa shape index (κ3) is 3.26. The molecular weight excluding hydrogens is 276 g/mol.